The van der Waals surface area contributed by atoms with Gasteiger partial charge in [-0.05, 0) is 23.7 Å². The number of aromatic nitrogens is 5. The SMILES string of the molecule is CCC(C)=NNC(=O)c1nnn(-c2nonc2N)c1CN1CCOCC1. The summed E-state index contributed by atoms with van der Waals surface area (Å²) in [5.74, 6) is -0.208. The van der Waals surface area contributed by atoms with Crippen molar-refractivity contribution in [2.24, 2.45) is 5.10 Å². The molecule has 1 fully saturated rings. The molecule has 3 rings (SSSR count). The van der Waals surface area contributed by atoms with Crippen LogP contribution in [0.3, 0.4) is 0 Å². The maximum atomic E-state index is 12.5. The smallest absolute Gasteiger partial charge is 0.293 e. The molecule has 0 spiro atoms. The fourth-order valence-electron chi connectivity index (χ4n) is 2.38. The van der Waals surface area contributed by atoms with Crippen LogP contribution in [-0.2, 0) is 11.3 Å². The van der Waals surface area contributed by atoms with Gasteiger partial charge in [0.25, 0.3) is 5.91 Å². The van der Waals surface area contributed by atoms with Crippen LogP contribution in [0.5, 0.6) is 0 Å². The molecule has 0 aromatic carbocycles. The third-order valence-corrected chi connectivity index (χ3v) is 4.01. The minimum atomic E-state index is -0.456. The van der Waals surface area contributed by atoms with E-state index in [4.69, 9.17) is 10.5 Å². The van der Waals surface area contributed by atoms with Crippen LogP contribution in [0.15, 0.2) is 9.73 Å². The van der Waals surface area contributed by atoms with E-state index in [9.17, 15) is 4.79 Å². The molecule has 2 aromatic rings. The number of anilines is 1. The largest absolute Gasteiger partial charge is 0.379 e. The zero-order chi connectivity index (χ0) is 18.5. The zero-order valence-corrected chi connectivity index (χ0v) is 14.7. The second-order valence-electron chi connectivity index (χ2n) is 5.80. The van der Waals surface area contributed by atoms with Crippen LogP contribution in [0.25, 0.3) is 5.82 Å². The molecule has 26 heavy (non-hydrogen) atoms. The van der Waals surface area contributed by atoms with Crippen LogP contribution in [0.2, 0.25) is 0 Å². The summed E-state index contributed by atoms with van der Waals surface area (Å²) in [6, 6.07) is 0. The summed E-state index contributed by atoms with van der Waals surface area (Å²) in [4.78, 5) is 14.7. The number of hydrazone groups is 1. The Kier molecular flexibility index (Phi) is 5.53. The van der Waals surface area contributed by atoms with Gasteiger partial charge in [-0.25, -0.2) is 10.1 Å². The molecule has 1 aliphatic heterocycles. The third-order valence-electron chi connectivity index (χ3n) is 4.01. The number of nitrogens with zero attached hydrogens (tertiary/aromatic N) is 7. The number of nitrogens with two attached hydrogens (primary N) is 1. The zero-order valence-electron chi connectivity index (χ0n) is 14.7. The lowest BCUT2D eigenvalue weighted by Gasteiger charge is -2.26. The van der Waals surface area contributed by atoms with Crippen LogP contribution in [-0.4, -0.2) is 68.1 Å². The van der Waals surface area contributed by atoms with Gasteiger partial charge in [0, 0.05) is 25.3 Å². The first kappa shape index (κ1) is 17.9. The first-order valence-electron chi connectivity index (χ1n) is 8.26. The fourth-order valence-corrected chi connectivity index (χ4v) is 2.38. The minimum Gasteiger partial charge on any atom is -0.379 e. The molecular weight excluding hydrogens is 342 g/mol. The molecule has 1 aliphatic rings. The summed E-state index contributed by atoms with van der Waals surface area (Å²) in [5.41, 5.74) is 9.73. The van der Waals surface area contributed by atoms with Gasteiger partial charge in [-0.2, -0.15) is 9.78 Å². The number of carbonyl (C=O) groups is 1. The summed E-state index contributed by atoms with van der Waals surface area (Å²) < 4.78 is 11.4. The third kappa shape index (κ3) is 3.86. The average molecular weight is 363 g/mol. The van der Waals surface area contributed by atoms with Gasteiger partial charge in [-0.15, -0.1) is 5.10 Å². The lowest BCUT2D eigenvalue weighted by Crippen LogP contribution is -2.37. The lowest BCUT2D eigenvalue weighted by molar-refractivity contribution is 0.0332. The highest BCUT2D eigenvalue weighted by atomic mass is 16.6. The Morgan fingerprint density at radius 1 is 1.35 bits per heavy atom. The Balaban J connectivity index is 1.92. The monoisotopic (exact) mass is 363 g/mol. The average Bonchev–Trinajstić information content (AvgIpc) is 3.26. The number of hydrogen-bond donors (Lipinski definition) is 2. The van der Waals surface area contributed by atoms with Gasteiger partial charge < -0.3 is 10.5 Å². The minimum absolute atomic E-state index is 0.0601. The van der Waals surface area contributed by atoms with Gasteiger partial charge in [0.15, 0.2) is 5.69 Å². The van der Waals surface area contributed by atoms with Gasteiger partial charge in [0.2, 0.25) is 11.6 Å². The van der Waals surface area contributed by atoms with E-state index < -0.39 is 5.91 Å². The highest BCUT2D eigenvalue weighted by Crippen LogP contribution is 2.18. The van der Waals surface area contributed by atoms with Crippen LogP contribution >= 0.6 is 0 Å². The van der Waals surface area contributed by atoms with Gasteiger partial charge in [0.05, 0.1) is 18.9 Å². The van der Waals surface area contributed by atoms with Crippen LogP contribution in [0, 0.1) is 0 Å². The van der Waals surface area contributed by atoms with Crippen LogP contribution < -0.4 is 11.2 Å². The van der Waals surface area contributed by atoms with Crippen molar-refractivity contribution in [1.82, 2.24) is 35.6 Å². The molecule has 12 heteroatoms. The maximum Gasteiger partial charge on any atom is 0.293 e. The van der Waals surface area contributed by atoms with Crippen molar-refractivity contribution in [2.75, 3.05) is 32.0 Å². The van der Waals surface area contributed by atoms with E-state index in [1.165, 1.54) is 4.68 Å². The van der Waals surface area contributed by atoms with Crippen molar-refractivity contribution in [3.8, 4) is 5.82 Å². The highest BCUT2D eigenvalue weighted by Gasteiger charge is 2.26. The Hall–Kier alpha value is -2.86. The van der Waals surface area contributed by atoms with Crippen molar-refractivity contribution in [1.29, 1.82) is 0 Å². The summed E-state index contributed by atoms with van der Waals surface area (Å²) in [7, 11) is 0. The topological polar surface area (TPSA) is 150 Å². The van der Waals surface area contributed by atoms with E-state index in [1.807, 2.05) is 13.8 Å². The quantitative estimate of drug-likeness (QED) is 0.515. The molecule has 3 N–H and O–H groups in total. The normalized spacial score (nSPS) is 16.0. The second-order valence-corrected chi connectivity index (χ2v) is 5.80. The Bertz CT molecular complexity index is 791. The van der Waals surface area contributed by atoms with Gasteiger partial charge >= 0.3 is 0 Å². The Morgan fingerprint density at radius 2 is 2.12 bits per heavy atom. The van der Waals surface area contributed by atoms with E-state index in [-0.39, 0.29) is 17.3 Å². The summed E-state index contributed by atoms with van der Waals surface area (Å²) in [6.45, 7) is 6.89. The van der Waals surface area contributed by atoms with E-state index in [0.29, 0.717) is 25.5 Å². The molecule has 2 aromatic heterocycles. The molecule has 1 saturated heterocycles. The van der Waals surface area contributed by atoms with E-state index >= 15 is 0 Å². The van der Waals surface area contributed by atoms with E-state index in [0.717, 1.165) is 25.2 Å². The maximum absolute atomic E-state index is 12.5. The molecule has 0 bridgehead atoms. The number of nitrogens with one attached hydrogen (secondary N) is 1. The predicted octanol–water partition coefficient (Wildman–Crippen LogP) is -0.420. The van der Waals surface area contributed by atoms with Crippen molar-refractivity contribution < 1.29 is 14.2 Å². The molecule has 140 valence electrons. The molecule has 0 radical (unpaired) electrons. The first-order valence-corrected chi connectivity index (χ1v) is 8.26. The molecule has 0 aliphatic carbocycles. The highest BCUT2D eigenvalue weighted by molar-refractivity contribution is 5.94. The van der Waals surface area contributed by atoms with Gasteiger partial charge in [-0.1, -0.05) is 12.1 Å². The molecule has 3 heterocycles. The molecule has 0 atom stereocenters. The second kappa shape index (κ2) is 8.01. The van der Waals surface area contributed by atoms with Crippen molar-refractivity contribution in [3.63, 3.8) is 0 Å². The molecule has 12 nitrogen and oxygen atoms in total. The lowest BCUT2D eigenvalue weighted by atomic mass is 10.2. The van der Waals surface area contributed by atoms with Crippen molar-refractivity contribution in [3.05, 3.63) is 11.4 Å². The number of ether oxygens (including phenoxy) is 1. The molecule has 0 saturated carbocycles. The Morgan fingerprint density at radius 3 is 2.77 bits per heavy atom. The standard InChI is InChI=1S/C14H21N9O3/c1-3-9(2)16-18-14(24)11-10(8-22-4-6-25-7-5-22)23(21-17-11)13-12(15)19-26-20-13/h3-8H2,1-2H3,(H2,15,19)(H,18,24). The van der Waals surface area contributed by atoms with Crippen molar-refractivity contribution >= 4 is 17.4 Å². The van der Waals surface area contributed by atoms with Crippen LogP contribution in [0.4, 0.5) is 5.82 Å². The molecule has 1 amide bonds. The number of rotatable bonds is 6. The van der Waals surface area contributed by atoms with Gasteiger partial charge in [0.1, 0.15) is 0 Å². The molecular formula is C14H21N9O3. The predicted molar refractivity (Wildman–Crippen MR) is 90.6 cm³/mol. The summed E-state index contributed by atoms with van der Waals surface area (Å²) >= 11 is 0. The van der Waals surface area contributed by atoms with Crippen molar-refractivity contribution in [2.45, 2.75) is 26.8 Å². The van der Waals surface area contributed by atoms with E-state index in [1.54, 1.807) is 0 Å². The summed E-state index contributed by atoms with van der Waals surface area (Å²) in [5, 5.41) is 19.3. The Labute approximate surface area is 149 Å². The number of carbonyl (C=O) groups excluding carboxylic acids is 1. The van der Waals surface area contributed by atoms with Gasteiger partial charge in [-0.3, -0.25) is 9.69 Å². The summed E-state index contributed by atoms with van der Waals surface area (Å²) in [6.07, 6.45) is 0.731. The van der Waals surface area contributed by atoms with Crippen LogP contribution in [0.1, 0.15) is 36.5 Å². The number of morpholine rings is 1. The molecule has 0 unspecified atom stereocenters. The fraction of sp³-hybridized carbons (Fsp3) is 0.571. The number of amides is 1. The number of nitrogen functional groups attached to an aromatic ring is 1. The number of hydrogen-bond acceptors (Lipinski definition) is 10. The first-order chi connectivity index (χ1) is 12.6. The van der Waals surface area contributed by atoms with E-state index in [2.05, 4.69) is 40.7 Å².